The van der Waals surface area contributed by atoms with E-state index in [9.17, 15) is 9.59 Å². The first-order valence-electron chi connectivity index (χ1n) is 9.31. The molecule has 0 radical (unpaired) electrons. The fourth-order valence-corrected chi connectivity index (χ4v) is 5.52. The minimum atomic E-state index is -0.0838. The van der Waals surface area contributed by atoms with Gasteiger partial charge in [-0.25, -0.2) is 0 Å². The number of carbonyl (C=O) groups excluding carboxylic acids is 2. The third-order valence-corrected chi connectivity index (χ3v) is 6.28. The van der Waals surface area contributed by atoms with E-state index in [-0.39, 0.29) is 17.7 Å². The standard InChI is InChI=1S/C20H26N2O2/c23-19(15-4-2-1-3-5-15)21-6-7-22-20(24)18-16-9-13-8-14(11-16)12-17(18)10-13/h1-5,13-14,16-18H,6-12H2,(H,21,23)(H,22,24). The van der Waals surface area contributed by atoms with E-state index >= 15 is 0 Å². The van der Waals surface area contributed by atoms with Gasteiger partial charge in [0, 0.05) is 24.6 Å². The highest BCUT2D eigenvalue weighted by molar-refractivity contribution is 5.94. The Morgan fingerprint density at radius 3 is 2.04 bits per heavy atom. The van der Waals surface area contributed by atoms with Crippen molar-refractivity contribution in [3.8, 4) is 0 Å². The lowest BCUT2D eigenvalue weighted by Crippen LogP contribution is -2.51. The van der Waals surface area contributed by atoms with Gasteiger partial charge < -0.3 is 10.6 Å². The van der Waals surface area contributed by atoms with Crippen molar-refractivity contribution in [2.75, 3.05) is 13.1 Å². The van der Waals surface area contributed by atoms with Crippen molar-refractivity contribution in [2.45, 2.75) is 32.1 Å². The highest BCUT2D eigenvalue weighted by Gasteiger charge is 2.50. The molecule has 4 saturated carbocycles. The van der Waals surface area contributed by atoms with Crippen molar-refractivity contribution >= 4 is 11.8 Å². The second-order valence-electron chi connectivity index (χ2n) is 7.87. The second kappa shape index (κ2) is 6.58. The minimum Gasteiger partial charge on any atom is -0.354 e. The number of hydrogen-bond acceptors (Lipinski definition) is 2. The van der Waals surface area contributed by atoms with Crippen LogP contribution in [0.4, 0.5) is 0 Å². The number of carbonyl (C=O) groups is 2. The van der Waals surface area contributed by atoms with Gasteiger partial charge >= 0.3 is 0 Å². The van der Waals surface area contributed by atoms with E-state index in [0.29, 0.717) is 30.5 Å². The SMILES string of the molecule is O=C(NCCNC(=O)C1C2CC3CC(C2)CC1C3)c1ccccc1. The monoisotopic (exact) mass is 326 g/mol. The van der Waals surface area contributed by atoms with E-state index in [2.05, 4.69) is 10.6 Å². The van der Waals surface area contributed by atoms with E-state index in [4.69, 9.17) is 0 Å². The van der Waals surface area contributed by atoms with Crippen molar-refractivity contribution in [3.05, 3.63) is 35.9 Å². The summed E-state index contributed by atoms with van der Waals surface area (Å²) in [7, 11) is 0. The van der Waals surface area contributed by atoms with Gasteiger partial charge in [0.05, 0.1) is 0 Å². The van der Waals surface area contributed by atoms with Crippen LogP contribution in [0.2, 0.25) is 0 Å². The Morgan fingerprint density at radius 2 is 1.42 bits per heavy atom. The summed E-state index contributed by atoms with van der Waals surface area (Å²) < 4.78 is 0. The van der Waals surface area contributed by atoms with Crippen LogP contribution in [-0.4, -0.2) is 24.9 Å². The third-order valence-electron chi connectivity index (χ3n) is 6.28. The average Bonchev–Trinajstić information content (AvgIpc) is 2.58. The van der Waals surface area contributed by atoms with Crippen LogP contribution in [-0.2, 0) is 4.79 Å². The summed E-state index contributed by atoms with van der Waals surface area (Å²) in [4.78, 5) is 24.6. The molecular weight excluding hydrogens is 300 g/mol. The molecular formula is C20H26N2O2. The zero-order valence-corrected chi connectivity index (χ0v) is 14.0. The molecule has 0 unspecified atom stereocenters. The lowest BCUT2D eigenvalue weighted by atomic mass is 9.51. The summed E-state index contributed by atoms with van der Waals surface area (Å²) in [5.74, 6) is 3.36. The van der Waals surface area contributed by atoms with Crippen LogP contribution in [0, 0.1) is 29.6 Å². The van der Waals surface area contributed by atoms with Crippen LogP contribution < -0.4 is 10.6 Å². The molecule has 4 heteroatoms. The molecule has 0 aromatic heterocycles. The highest BCUT2D eigenvalue weighted by Crippen LogP contribution is 2.56. The zero-order valence-electron chi connectivity index (χ0n) is 14.0. The number of hydrogen-bond donors (Lipinski definition) is 2. The summed E-state index contributed by atoms with van der Waals surface area (Å²) in [6, 6.07) is 9.18. The van der Waals surface area contributed by atoms with Crippen molar-refractivity contribution in [3.63, 3.8) is 0 Å². The molecule has 0 atom stereocenters. The summed E-state index contributed by atoms with van der Waals surface area (Å²) in [5.41, 5.74) is 0.657. The van der Waals surface area contributed by atoms with Crippen molar-refractivity contribution in [1.82, 2.24) is 10.6 Å². The van der Waals surface area contributed by atoms with Gasteiger partial charge in [-0.15, -0.1) is 0 Å². The number of benzene rings is 1. The van der Waals surface area contributed by atoms with Crippen LogP contribution in [0.15, 0.2) is 30.3 Å². The van der Waals surface area contributed by atoms with Gasteiger partial charge in [0.25, 0.3) is 5.91 Å². The third kappa shape index (κ3) is 3.06. The molecule has 0 spiro atoms. The molecule has 2 N–H and O–H groups in total. The van der Waals surface area contributed by atoms with Crippen LogP contribution in [0.1, 0.15) is 42.5 Å². The predicted octanol–water partition coefficient (Wildman–Crippen LogP) is 2.60. The average molecular weight is 326 g/mol. The molecule has 4 nitrogen and oxygen atoms in total. The number of rotatable bonds is 5. The Morgan fingerprint density at radius 1 is 0.833 bits per heavy atom. The van der Waals surface area contributed by atoms with Crippen molar-refractivity contribution in [2.24, 2.45) is 29.6 Å². The van der Waals surface area contributed by atoms with Gasteiger partial charge in [0.2, 0.25) is 5.91 Å². The van der Waals surface area contributed by atoms with E-state index < -0.39 is 0 Å². The Labute approximate surface area is 143 Å². The lowest BCUT2D eigenvalue weighted by Gasteiger charge is -2.53. The summed E-state index contributed by atoms with van der Waals surface area (Å²) >= 11 is 0. The van der Waals surface area contributed by atoms with E-state index in [1.807, 2.05) is 18.2 Å². The van der Waals surface area contributed by atoms with Gasteiger partial charge in [0.15, 0.2) is 0 Å². The molecule has 4 bridgehead atoms. The normalized spacial score (nSPS) is 33.2. The van der Waals surface area contributed by atoms with Crippen molar-refractivity contribution in [1.29, 1.82) is 0 Å². The molecule has 1 aromatic carbocycles. The summed E-state index contributed by atoms with van der Waals surface area (Å²) in [5, 5.41) is 5.93. The minimum absolute atomic E-state index is 0.0838. The fraction of sp³-hybridized carbons (Fsp3) is 0.600. The Kier molecular flexibility index (Phi) is 4.30. The first-order valence-corrected chi connectivity index (χ1v) is 9.31. The zero-order chi connectivity index (χ0) is 16.5. The molecule has 2 amide bonds. The van der Waals surface area contributed by atoms with Crippen molar-refractivity contribution < 1.29 is 9.59 Å². The fourth-order valence-electron chi connectivity index (χ4n) is 5.52. The Hall–Kier alpha value is -1.84. The highest BCUT2D eigenvalue weighted by atomic mass is 16.2. The maximum absolute atomic E-state index is 12.6. The smallest absolute Gasteiger partial charge is 0.251 e. The predicted molar refractivity (Wildman–Crippen MR) is 92.3 cm³/mol. The molecule has 0 aliphatic heterocycles. The van der Waals surface area contributed by atoms with Gasteiger partial charge in [0.1, 0.15) is 0 Å². The molecule has 0 saturated heterocycles. The molecule has 128 valence electrons. The van der Waals surface area contributed by atoms with E-state index in [0.717, 1.165) is 11.8 Å². The number of nitrogens with one attached hydrogen (secondary N) is 2. The molecule has 24 heavy (non-hydrogen) atoms. The quantitative estimate of drug-likeness (QED) is 0.817. The Bertz CT molecular complexity index is 585. The van der Waals surface area contributed by atoms with Crippen LogP contribution >= 0.6 is 0 Å². The molecule has 0 heterocycles. The summed E-state index contributed by atoms with van der Waals surface area (Å²) in [6.07, 6.45) is 6.45. The van der Waals surface area contributed by atoms with Gasteiger partial charge in [-0.3, -0.25) is 9.59 Å². The molecule has 4 aliphatic carbocycles. The van der Waals surface area contributed by atoms with Gasteiger partial charge in [-0.05, 0) is 67.9 Å². The molecule has 4 aliphatic rings. The second-order valence-corrected chi connectivity index (χ2v) is 7.87. The maximum atomic E-state index is 12.6. The van der Waals surface area contributed by atoms with Gasteiger partial charge in [-0.2, -0.15) is 0 Å². The summed E-state index contributed by atoms with van der Waals surface area (Å²) in [6.45, 7) is 0.993. The molecule has 5 rings (SSSR count). The van der Waals surface area contributed by atoms with Gasteiger partial charge in [-0.1, -0.05) is 18.2 Å². The topological polar surface area (TPSA) is 58.2 Å². The van der Waals surface area contributed by atoms with E-state index in [1.165, 1.54) is 32.1 Å². The van der Waals surface area contributed by atoms with Crippen LogP contribution in [0.5, 0.6) is 0 Å². The largest absolute Gasteiger partial charge is 0.354 e. The number of amides is 2. The van der Waals surface area contributed by atoms with Crippen LogP contribution in [0.3, 0.4) is 0 Å². The first-order chi connectivity index (χ1) is 11.7. The maximum Gasteiger partial charge on any atom is 0.251 e. The van der Waals surface area contributed by atoms with E-state index in [1.54, 1.807) is 12.1 Å². The lowest BCUT2D eigenvalue weighted by molar-refractivity contribution is -0.138. The van der Waals surface area contributed by atoms with Crippen LogP contribution in [0.25, 0.3) is 0 Å². The molecule has 1 aromatic rings. The first kappa shape index (κ1) is 15.7. The molecule has 4 fully saturated rings. The Balaban J connectivity index is 1.23.